The highest BCUT2D eigenvalue weighted by Gasteiger charge is 2.25. The van der Waals surface area contributed by atoms with Gasteiger partial charge in [-0.05, 0) is 17.7 Å². The van der Waals surface area contributed by atoms with Crippen molar-refractivity contribution < 1.29 is 28.9 Å². The van der Waals surface area contributed by atoms with E-state index >= 15 is 0 Å². The summed E-state index contributed by atoms with van der Waals surface area (Å²) in [5.41, 5.74) is 0.598. The summed E-state index contributed by atoms with van der Waals surface area (Å²) in [6.07, 6.45) is 2.86. The van der Waals surface area contributed by atoms with E-state index in [0.717, 1.165) is 0 Å². The van der Waals surface area contributed by atoms with Gasteiger partial charge in [-0.25, -0.2) is 0 Å². The molecule has 1 aromatic rings. The lowest BCUT2D eigenvalue weighted by Gasteiger charge is -2.08. The number of hydrogen-bond donors (Lipinski definition) is 1. The van der Waals surface area contributed by atoms with Crippen LogP contribution in [0.3, 0.4) is 0 Å². The molecule has 0 aromatic heterocycles. The van der Waals surface area contributed by atoms with Gasteiger partial charge in [0.25, 0.3) is 0 Å². The van der Waals surface area contributed by atoms with Crippen LogP contribution in [0.25, 0.3) is 6.08 Å². The maximum Gasteiger partial charge on any atom is 0.323 e. The Hall–Kier alpha value is -2.50. The van der Waals surface area contributed by atoms with E-state index in [-0.39, 0.29) is 5.75 Å². The van der Waals surface area contributed by atoms with Gasteiger partial charge in [-0.1, -0.05) is 18.2 Å². The SMILES string of the molecule is COC(=O)C(/C=C/c1ccc(OC)c(O)c1)C(=O)OC. The molecule has 20 heavy (non-hydrogen) atoms. The first kappa shape index (κ1) is 15.6. The van der Waals surface area contributed by atoms with E-state index in [1.54, 1.807) is 12.1 Å². The highest BCUT2D eigenvalue weighted by molar-refractivity contribution is 5.97. The Morgan fingerprint density at radius 1 is 1.15 bits per heavy atom. The molecule has 0 aliphatic carbocycles. The lowest BCUT2D eigenvalue weighted by atomic mass is 10.1. The number of carbonyl (C=O) groups is 2. The third kappa shape index (κ3) is 3.74. The molecular formula is C14H16O6. The van der Waals surface area contributed by atoms with E-state index in [1.807, 2.05) is 0 Å². The van der Waals surface area contributed by atoms with Crippen molar-refractivity contribution >= 4 is 18.0 Å². The lowest BCUT2D eigenvalue weighted by molar-refractivity contribution is -0.156. The van der Waals surface area contributed by atoms with Crippen molar-refractivity contribution in [2.75, 3.05) is 21.3 Å². The third-order valence-corrected chi connectivity index (χ3v) is 2.59. The molecule has 0 aliphatic heterocycles. The van der Waals surface area contributed by atoms with Gasteiger partial charge < -0.3 is 19.3 Å². The smallest absolute Gasteiger partial charge is 0.323 e. The molecule has 0 aliphatic rings. The van der Waals surface area contributed by atoms with Gasteiger partial charge in [0.1, 0.15) is 0 Å². The van der Waals surface area contributed by atoms with Crippen LogP contribution in [0, 0.1) is 5.92 Å². The van der Waals surface area contributed by atoms with E-state index in [0.29, 0.717) is 11.3 Å². The number of esters is 2. The van der Waals surface area contributed by atoms with E-state index in [2.05, 4.69) is 9.47 Å². The summed E-state index contributed by atoms with van der Waals surface area (Å²) in [5.74, 6) is -2.28. The fourth-order valence-electron chi connectivity index (χ4n) is 1.53. The summed E-state index contributed by atoms with van der Waals surface area (Å²) >= 11 is 0. The normalized spacial score (nSPS) is 10.6. The number of phenols is 1. The summed E-state index contributed by atoms with van der Waals surface area (Å²) in [6.45, 7) is 0. The minimum atomic E-state index is -1.14. The molecule has 1 rings (SSSR count). The first-order valence-electron chi connectivity index (χ1n) is 5.74. The number of phenolic OH excluding ortho intramolecular Hbond substituents is 1. The van der Waals surface area contributed by atoms with Crippen LogP contribution >= 0.6 is 0 Å². The van der Waals surface area contributed by atoms with Crippen molar-refractivity contribution in [3.63, 3.8) is 0 Å². The molecule has 1 aromatic carbocycles. The zero-order valence-electron chi connectivity index (χ0n) is 11.5. The highest BCUT2D eigenvalue weighted by Crippen LogP contribution is 2.26. The van der Waals surface area contributed by atoms with E-state index < -0.39 is 17.9 Å². The monoisotopic (exact) mass is 280 g/mol. The van der Waals surface area contributed by atoms with Gasteiger partial charge in [0.15, 0.2) is 17.4 Å². The van der Waals surface area contributed by atoms with Crippen LogP contribution in [0.1, 0.15) is 5.56 Å². The number of rotatable bonds is 5. The predicted octanol–water partition coefficient (Wildman–Crippen LogP) is 1.38. The second-order valence-corrected chi connectivity index (χ2v) is 3.81. The number of aromatic hydroxyl groups is 1. The second kappa shape index (κ2) is 7.18. The molecule has 0 unspecified atom stereocenters. The maximum absolute atomic E-state index is 11.5. The van der Waals surface area contributed by atoms with Gasteiger partial charge in [-0.3, -0.25) is 9.59 Å². The van der Waals surface area contributed by atoms with E-state index in [4.69, 9.17) is 4.74 Å². The molecule has 1 N–H and O–H groups in total. The summed E-state index contributed by atoms with van der Waals surface area (Å²) < 4.78 is 14.0. The van der Waals surface area contributed by atoms with Crippen molar-refractivity contribution in [3.05, 3.63) is 29.8 Å². The molecule has 0 spiro atoms. The fourth-order valence-corrected chi connectivity index (χ4v) is 1.53. The summed E-state index contributed by atoms with van der Waals surface area (Å²) in [4.78, 5) is 22.9. The molecule has 6 nitrogen and oxygen atoms in total. The Bertz CT molecular complexity index is 504. The minimum absolute atomic E-state index is 0.0395. The third-order valence-electron chi connectivity index (χ3n) is 2.59. The number of benzene rings is 1. The van der Waals surface area contributed by atoms with Crippen molar-refractivity contribution in [1.29, 1.82) is 0 Å². The average molecular weight is 280 g/mol. The molecule has 108 valence electrons. The number of hydrogen-bond acceptors (Lipinski definition) is 6. The maximum atomic E-state index is 11.5. The van der Waals surface area contributed by atoms with Gasteiger partial charge in [0.05, 0.1) is 21.3 Å². The quantitative estimate of drug-likeness (QED) is 0.648. The Morgan fingerprint density at radius 2 is 1.75 bits per heavy atom. The predicted molar refractivity (Wildman–Crippen MR) is 71.2 cm³/mol. The van der Waals surface area contributed by atoms with Crippen molar-refractivity contribution in [3.8, 4) is 11.5 Å². The highest BCUT2D eigenvalue weighted by atomic mass is 16.5. The Morgan fingerprint density at radius 3 is 2.20 bits per heavy atom. The zero-order valence-corrected chi connectivity index (χ0v) is 11.5. The molecule has 0 amide bonds. The van der Waals surface area contributed by atoms with E-state index in [9.17, 15) is 14.7 Å². The largest absolute Gasteiger partial charge is 0.504 e. The Balaban J connectivity index is 2.95. The van der Waals surface area contributed by atoms with Gasteiger partial charge in [-0.2, -0.15) is 0 Å². The molecule has 0 bridgehead atoms. The topological polar surface area (TPSA) is 82.1 Å². The van der Waals surface area contributed by atoms with Crippen molar-refractivity contribution in [2.45, 2.75) is 0 Å². The van der Waals surface area contributed by atoms with Crippen LogP contribution in [-0.2, 0) is 19.1 Å². The van der Waals surface area contributed by atoms with Crippen LogP contribution in [0.4, 0.5) is 0 Å². The van der Waals surface area contributed by atoms with Crippen LogP contribution in [0.2, 0.25) is 0 Å². The summed E-state index contributed by atoms with van der Waals surface area (Å²) in [7, 11) is 3.81. The van der Waals surface area contributed by atoms with Crippen LogP contribution in [0.15, 0.2) is 24.3 Å². The van der Waals surface area contributed by atoms with Gasteiger partial charge >= 0.3 is 11.9 Å². The number of ether oxygens (including phenoxy) is 3. The summed E-state index contributed by atoms with van der Waals surface area (Å²) in [5, 5.41) is 9.63. The van der Waals surface area contributed by atoms with Crippen LogP contribution in [-0.4, -0.2) is 38.4 Å². The molecule has 0 heterocycles. The first-order chi connectivity index (χ1) is 9.53. The zero-order chi connectivity index (χ0) is 15.1. The lowest BCUT2D eigenvalue weighted by Crippen LogP contribution is -2.24. The molecule has 6 heteroatoms. The fraction of sp³-hybridized carbons (Fsp3) is 0.286. The standard InChI is InChI=1S/C14H16O6/c1-18-12-7-5-9(8-11(12)15)4-6-10(13(16)19-2)14(17)20-3/h4-8,10,15H,1-3H3/b6-4+. The number of methoxy groups -OCH3 is 3. The molecule has 0 radical (unpaired) electrons. The molecule has 0 saturated carbocycles. The summed E-state index contributed by atoms with van der Waals surface area (Å²) in [6, 6.07) is 4.68. The first-order valence-corrected chi connectivity index (χ1v) is 5.74. The average Bonchev–Trinajstić information content (AvgIpc) is 2.46. The Kier molecular flexibility index (Phi) is 5.58. The molecular weight excluding hydrogens is 264 g/mol. The van der Waals surface area contributed by atoms with Gasteiger partial charge in [-0.15, -0.1) is 0 Å². The molecule has 0 atom stereocenters. The van der Waals surface area contributed by atoms with E-state index in [1.165, 1.54) is 39.5 Å². The minimum Gasteiger partial charge on any atom is -0.504 e. The Labute approximate surface area is 116 Å². The van der Waals surface area contributed by atoms with Gasteiger partial charge in [0.2, 0.25) is 0 Å². The van der Waals surface area contributed by atoms with Crippen molar-refractivity contribution in [1.82, 2.24) is 0 Å². The van der Waals surface area contributed by atoms with Crippen LogP contribution in [0.5, 0.6) is 11.5 Å². The number of carbonyl (C=O) groups excluding carboxylic acids is 2. The second-order valence-electron chi connectivity index (χ2n) is 3.81. The van der Waals surface area contributed by atoms with Gasteiger partial charge in [0, 0.05) is 0 Å². The van der Waals surface area contributed by atoms with Crippen molar-refractivity contribution in [2.24, 2.45) is 5.92 Å². The molecule has 0 saturated heterocycles. The van der Waals surface area contributed by atoms with Crippen LogP contribution < -0.4 is 4.74 Å². The molecule has 0 fully saturated rings.